The lowest BCUT2D eigenvalue weighted by molar-refractivity contribution is -0.123. The first-order valence-electron chi connectivity index (χ1n) is 7.67. The van der Waals surface area contributed by atoms with E-state index in [1.54, 1.807) is 18.5 Å². The molecule has 2 heterocycles. The zero-order chi connectivity index (χ0) is 17.3. The van der Waals surface area contributed by atoms with E-state index in [1.165, 1.54) is 11.9 Å². The Morgan fingerprint density at radius 1 is 1.50 bits per heavy atom. The highest BCUT2D eigenvalue weighted by molar-refractivity contribution is 5.99. The average molecular weight is 323 g/mol. The summed E-state index contributed by atoms with van der Waals surface area (Å²) in [4.78, 5) is 28.2. The van der Waals surface area contributed by atoms with Crippen LogP contribution in [-0.4, -0.2) is 21.7 Å². The van der Waals surface area contributed by atoms with Crippen LogP contribution >= 0.6 is 0 Å². The standard InChI is InChI=1S/C17H17N5O2/c1-10(23)21-22-13-5-2-6-14(24)16(13)15(12(8-18)17(22)19)11-4-3-7-20-9-11/h3-4,7,9,15H,2,5-6,19H2,1H3,(H,21,23). The minimum atomic E-state index is -0.545. The van der Waals surface area contributed by atoms with Crippen molar-refractivity contribution in [2.75, 3.05) is 0 Å². The maximum absolute atomic E-state index is 12.6. The number of allylic oxidation sites excluding steroid dienone is 3. The first-order valence-corrected chi connectivity index (χ1v) is 7.67. The fourth-order valence-corrected chi connectivity index (χ4v) is 3.25. The summed E-state index contributed by atoms with van der Waals surface area (Å²) in [5.41, 5.74) is 10.9. The molecule has 122 valence electrons. The molecule has 3 rings (SSSR count). The molecular formula is C17H17N5O2. The predicted molar refractivity (Wildman–Crippen MR) is 85.3 cm³/mol. The van der Waals surface area contributed by atoms with Crippen molar-refractivity contribution in [1.82, 2.24) is 15.4 Å². The number of hydrogen-bond donors (Lipinski definition) is 2. The van der Waals surface area contributed by atoms with Gasteiger partial charge >= 0.3 is 0 Å². The van der Waals surface area contributed by atoms with Gasteiger partial charge in [0, 0.05) is 37.0 Å². The summed E-state index contributed by atoms with van der Waals surface area (Å²) in [7, 11) is 0. The Labute approximate surface area is 139 Å². The molecule has 3 N–H and O–H groups in total. The van der Waals surface area contributed by atoms with Gasteiger partial charge in [0.15, 0.2) is 5.78 Å². The number of nitrogens with two attached hydrogens (primary N) is 1. The Kier molecular flexibility index (Phi) is 4.04. The van der Waals surface area contributed by atoms with Crippen molar-refractivity contribution < 1.29 is 9.59 Å². The number of nitriles is 1. The number of hydrogen-bond acceptors (Lipinski definition) is 6. The number of carbonyl (C=O) groups is 2. The quantitative estimate of drug-likeness (QED) is 0.846. The number of nitrogens with zero attached hydrogens (tertiary/aromatic N) is 3. The second kappa shape index (κ2) is 6.16. The minimum absolute atomic E-state index is 0.0271. The smallest absolute Gasteiger partial charge is 0.235 e. The van der Waals surface area contributed by atoms with E-state index in [0.29, 0.717) is 30.5 Å². The van der Waals surface area contributed by atoms with Crippen molar-refractivity contribution in [3.05, 3.63) is 52.8 Å². The zero-order valence-electron chi connectivity index (χ0n) is 13.2. The van der Waals surface area contributed by atoms with Gasteiger partial charge in [-0.15, -0.1) is 0 Å². The van der Waals surface area contributed by atoms with Crippen LogP contribution in [0.3, 0.4) is 0 Å². The van der Waals surface area contributed by atoms with E-state index in [0.717, 1.165) is 5.56 Å². The normalized spacial score (nSPS) is 20.6. The Morgan fingerprint density at radius 2 is 2.29 bits per heavy atom. The molecular weight excluding hydrogens is 306 g/mol. The van der Waals surface area contributed by atoms with Crippen LogP contribution in [0.1, 0.15) is 37.7 Å². The van der Waals surface area contributed by atoms with Crippen LogP contribution in [0.5, 0.6) is 0 Å². The number of amides is 1. The van der Waals surface area contributed by atoms with E-state index in [-0.39, 0.29) is 23.1 Å². The molecule has 7 nitrogen and oxygen atoms in total. The molecule has 1 aromatic heterocycles. The molecule has 0 saturated heterocycles. The van der Waals surface area contributed by atoms with Crippen molar-refractivity contribution in [3.63, 3.8) is 0 Å². The number of pyridine rings is 1. The molecule has 0 fully saturated rings. The summed E-state index contributed by atoms with van der Waals surface area (Å²) in [5.74, 6) is -0.743. The Bertz CT molecular complexity index is 804. The van der Waals surface area contributed by atoms with Gasteiger partial charge in [-0.05, 0) is 24.5 Å². The predicted octanol–water partition coefficient (Wildman–Crippen LogP) is 1.23. The number of hydrazine groups is 1. The zero-order valence-corrected chi connectivity index (χ0v) is 13.2. The molecule has 0 aromatic carbocycles. The Morgan fingerprint density at radius 3 is 2.92 bits per heavy atom. The second-order valence-corrected chi connectivity index (χ2v) is 5.77. The molecule has 0 bridgehead atoms. The van der Waals surface area contributed by atoms with E-state index in [4.69, 9.17) is 5.73 Å². The minimum Gasteiger partial charge on any atom is -0.383 e. The van der Waals surface area contributed by atoms with Gasteiger partial charge in [-0.25, -0.2) is 5.01 Å². The van der Waals surface area contributed by atoms with Crippen molar-refractivity contribution in [3.8, 4) is 6.07 Å². The number of nitrogens with one attached hydrogen (secondary N) is 1. The van der Waals surface area contributed by atoms with Crippen molar-refractivity contribution in [2.45, 2.75) is 32.1 Å². The first kappa shape index (κ1) is 15.7. The largest absolute Gasteiger partial charge is 0.383 e. The third kappa shape index (κ3) is 2.52. The van der Waals surface area contributed by atoms with Crippen LogP contribution < -0.4 is 11.2 Å². The molecule has 1 aliphatic carbocycles. The number of aromatic nitrogens is 1. The SMILES string of the molecule is CC(=O)NN1C(N)=C(C#N)C(c2cccnc2)C2=C1CCCC2=O. The van der Waals surface area contributed by atoms with Gasteiger partial charge in [0.2, 0.25) is 5.91 Å². The lowest BCUT2D eigenvalue weighted by atomic mass is 9.76. The van der Waals surface area contributed by atoms with Crippen LogP contribution in [0, 0.1) is 11.3 Å². The van der Waals surface area contributed by atoms with E-state index >= 15 is 0 Å². The van der Waals surface area contributed by atoms with Crippen LogP contribution in [-0.2, 0) is 9.59 Å². The van der Waals surface area contributed by atoms with Gasteiger partial charge in [0.05, 0.1) is 17.6 Å². The third-order valence-corrected chi connectivity index (χ3v) is 4.20. The Hall–Kier alpha value is -3.14. The summed E-state index contributed by atoms with van der Waals surface area (Å²) >= 11 is 0. The summed E-state index contributed by atoms with van der Waals surface area (Å²) in [5, 5.41) is 11.0. The van der Waals surface area contributed by atoms with E-state index < -0.39 is 5.92 Å². The number of carbonyl (C=O) groups excluding carboxylic acids is 2. The second-order valence-electron chi connectivity index (χ2n) is 5.77. The number of ketones is 1. The molecule has 1 aromatic rings. The first-order chi connectivity index (χ1) is 11.5. The summed E-state index contributed by atoms with van der Waals surface area (Å²) < 4.78 is 0. The highest BCUT2D eigenvalue weighted by Gasteiger charge is 2.40. The fraction of sp³-hybridized carbons (Fsp3) is 0.294. The molecule has 24 heavy (non-hydrogen) atoms. The van der Waals surface area contributed by atoms with Crippen molar-refractivity contribution in [2.24, 2.45) is 5.73 Å². The van der Waals surface area contributed by atoms with Gasteiger partial charge in [0.1, 0.15) is 5.82 Å². The Balaban J connectivity index is 2.22. The molecule has 1 atom stereocenters. The number of Topliss-reactive ketones (excluding diaryl/α,β-unsaturated/α-hetero) is 1. The van der Waals surface area contributed by atoms with Crippen LogP contribution in [0.15, 0.2) is 47.2 Å². The van der Waals surface area contributed by atoms with Gasteiger partial charge < -0.3 is 5.73 Å². The van der Waals surface area contributed by atoms with E-state index in [1.807, 2.05) is 6.07 Å². The highest BCUT2D eigenvalue weighted by Crippen LogP contribution is 2.43. The van der Waals surface area contributed by atoms with Crippen molar-refractivity contribution >= 4 is 11.7 Å². The summed E-state index contributed by atoms with van der Waals surface area (Å²) in [6, 6.07) is 5.69. The average Bonchev–Trinajstić information content (AvgIpc) is 2.57. The molecule has 1 aliphatic heterocycles. The van der Waals surface area contributed by atoms with Gasteiger partial charge in [0.25, 0.3) is 0 Å². The number of rotatable bonds is 2. The maximum atomic E-state index is 12.6. The molecule has 7 heteroatoms. The lowest BCUT2D eigenvalue weighted by Crippen LogP contribution is -2.47. The lowest BCUT2D eigenvalue weighted by Gasteiger charge is -2.39. The van der Waals surface area contributed by atoms with Crippen LogP contribution in [0.4, 0.5) is 0 Å². The van der Waals surface area contributed by atoms with Gasteiger partial charge in [-0.3, -0.25) is 20.0 Å². The fourth-order valence-electron chi connectivity index (χ4n) is 3.25. The maximum Gasteiger partial charge on any atom is 0.235 e. The third-order valence-electron chi connectivity index (χ3n) is 4.20. The molecule has 0 spiro atoms. The molecule has 0 saturated carbocycles. The monoisotopic (exact) mass is 323 g/mol. The van der Waals surface area contributed by atoms with E-state index in [9.17, 15) is 14.9 Å². The van der Waals surface area contributed by atoms with Crippen LogP contribution in [0.2, 0.25) is 0 Å². The van der Waals surface area contributed by atoms with Gasteiger partial charge in [-0.1, -0.05) is 6.07 Å². The van der Waals surface area contributed by atoms with E-state index in [2.05, 4.69) is 16.5 Å². The molecule has 1 amide bonds. The molecule has 2 aliphatic rings. The van der Waals surface area contributed by atoms with Crippen molar-refractivity contribution in [1.29, 1.82) is 5.26 Å². The molecule has 1 unspecified atom stereocenters. The summed E-state index contributed by atoms with van der Waals surface area (Å²) in [6.45, 7) is 1.36. The highest BCUT2D eigenvalue weighted by atomic mass is 16.2. The van der Waals surface area contributed by atoms with Crippen LogP contribution in [0.25, 0.3) is 0 Å². The van der Waals surface area contributed by atoms with Gasteiger partial charge in [-0.2, -0.15) is 5.26 Å². The summed E-state index contributed by atoms with van der Waals surface area (Å²) in [6.07, 6.45) is 4.98. The topological polar surface area (TPSA) is 112 Å². The molecule has 0 radical (unpaired) electrons.